The molecule has 0 aromatic heterocycles. The molecule has 0 bridgehead atoms. The number of nitrogens with zero attached hydrogens (tertiary/aromatic N) is 2. The Balaban J connectivity index is 0.00000387. The second-order valence-electron chi connectivity index (χ2n) is 11.8. The van der Waals surface area contributed by atoms with Crippen LogP contribution in [0.25, 0.3) is 0 Å². The Hall–Kier alpha value is -2.77. The molecule has 1 saturated carbocycles. The van der Waals surface area contributed by atoms with Gasteiger partial charge in [0.1, 0.15) is 28.8 Å². The molecule has 1 aliphatic carbocycles. The normalized spacial score (nSPS) is 21.3. The number of likely N-dealkylation sites (tertiary alicyclic amines) is 1. The number of carbonyl (C=O) groups is 2. The van der Waals surface area contributed by atoms with Crippen molar-refractivity contribution in [3.63, 3.8) is 0 Å². The molecular formula is C33H46ClN3O4. The minimum Gasteiger partial charge on any atom is -0.497 e. The number of amides is 2. The van der Waals surface area contributed by atoms with Crippen LogP contribution in [0.5, 0.6) is 17.2 Å². The van der Waals surface area contributed by atoms with Gasteiger partial charge in [-0.1, -0.05) is 57.6 Å². The van der Waals surface area contributed by atoms with E-state index in [9.17, 15) is 9.59 Å². The Morgan fingerprint density at radius 2 is 1.51 bits per heavy atom. The largest absolute Gasteiger partial charge is 0.497 e. The lowest BCUT2D eigenvalue weighted by atomic mass is 9.79. The van der Waals surface area contributed by atoms with Gasteiger partial charge >= 0.3 is 0 Å². The van der Waals surface area contributed by atoms with Crippen LogP contribution in [0.1, 0.15) is 76.7 Å². The quantitative estimate of drug-likeness (QED) is 0.353. The molecule has 41 heavy (non-hydrogen) atoms. The third kappa shape index (κ3) is 7.36. The average molecular weight is 584 g/mol. The molecule has 2 amide bonds. The van der Waals surface area contributed by atoms with E-state index in [1.165, 1.54) is 37.7 Å². The minimum atomic E-state index is -0.706. The number of hydrogen-bond donors (Lipinski definition) is 1. The van der Waals surface area contributed by atoms with Crippen molar-refractivity contribution < 1.29 is 19.1 Å². The van der Waals surface area contributed by atoms with Gasteiger partial charge in [0.25, 0.3) is 0 Å². The van der Waals surface area contributed by atoms with Gasteiger partial charge in [0.2, 0.25) is 11.8 Å². The van der Waals surface area contributed by atoms with Crippen molar-refractivity contribution in [1.82, 2.24) is 15.1 Å². The van der Waals surface area contributed by atoms with E-state index in [1.807, 2.05) is 41.3 Å². The molecule has 224 valence electrons. The average Bonchev–Trinajstić information content (AvgIpc) is 2.99. The highest BCUT2D eigenvalue weighted by Crippen LogP contribution is 2.36. The topological polar surface area (TPSA) is 71.1 Å². The summed E-state index contributed by atoms with van der Waals surface area (Å²) in [4.78, 5) is 31.8. The maximum atomic E-state index is 13.8. The van der Waals surface area contributed by atoms with Gasteiger partial charge in [-0.05, 0) is 73.6 Å². The van der Waals surface area contributed by atoms with E-state index in [-0.39, 0.29) is 30.3 Å². The van der Waals surface area contributed by atoms with E-state index in [4.69, 9.17) is 9.47 Å². The van der Waals surface area contributed by atoms with Gasteiger partial charge in [-0.25, -0.2) is 0 Å². The highest BCUT2D eigenvalue weighted by Gasteiger charge is 2.53. The summed E-state index contributed by atoms with van der Waals surface area (Å²) in [7, 11) is 1.65. The Kier molecular flexibility index (Phi) is 11.0. The lowest BCUT2D eigenvalue weighted by Gasteiger charge is -2.52. The van der Waals surface area contributed by atoms with E-state index in [0.717, 1.165) is 56.1 Å². The fraction of sp³-hybridized carbons (Fsp3) is 0.576. The van der Waals surface area contributed by atoms with Crippen LogP contribution >= 0.6 is 12.4 Å². The number of halogens is 1. The van der Waals surface area contributed by atoms with Gasteiger partial charge in [-0.2, -0.15) is 0 Å². The molecule has 1 spiro atoms. The van der Waals surface area contributed by atoms with E-state index >= 15 is 0 Å². The monoisotopic (exact) mass is 583 g/mol. The fourth-order valence-corrected chi connectivity index (χ4v) is 6.71. The molecule has 2 heterocycles. The Labute approximate surface area is 251 Å². The molecule has 3 aliphatic rings. The first-order chi connectivity index (χ1) is 19.5. The summed E-state index contributed by atoms with van der Waals surface area (Å²) in [6, 6.07) is 15.4. The zero-order chi connectivity index (χ0) is 28.0. The van der Waals surface area contributed by atoms with Crippen molar-refractivity contribution in [2.45, 2.75) is 89.3 Å². The maximum absolute atomic E-state index is 13.8. The fourth-order valence-electron chi connectivity index (χ4n) is 6.71. The van der Waals surface area contributed by atoms with Gasteiger partial charge in [0.15, 0.2) is 0 Å². The van der Waals surface area contributed by atoms with Crippen LogP contribution in [0.3, 0.4) is 0 Å². The maximum Gasteiger partial charge on any atom is 0.246 e. The standard InChI is InChI=1S/C33H45N3O4.ClH/c1-3-4-20-36-31(37)30(23-25-8-6-5-7-9-25)34-32(38)33(36)18-21-35(22-19-33)24-26-10-12-28(13-11-26)40-29-16-14-27(39-2)15-17-29;/h10-17,25,30H,3-9,18-24H2,1-2H3,(H,34,38);1H/t30-;/m0./s1. The molecule has 2 aromatic carbocycles. The zero-order valence-corrected chi connectivity index (χ0v) is 25.4. The van der Waals surface area contributed by atoms with Crippen LogP contribution in [0.15, 0.2) is 48.5 Å². The smallest absolute Gasteiger partial charge is 0.246 e. The minimum absolute atomic E-state index is 0. The first kappa shape index (κ1) is 31.2. The molecule has 1 N–H and O–H groups in total. The third-order valence-corrected chi connectivity index (χ3v) is 9.15. The Bertz CT molecular complexity index is 1130. The molecule has 7 nitrogen and oxygen atoms in total. The summed E-state index contributed by atoms with van der Waals surface area (Å²) in [5, 5.41) is 3.21. The van der Waals surface area contributed by atoms with Crippen molar-refractivity contribution in [3.05, 3.63) is 54.1 Å². The number of carbonyl (C=O) groups excluding carboxylic acids is 2. The van der Waals surface area contributed by atoms with Gasteiger partial charge in [0, 0.05) is 26.2 Å². The Morgan fingerprint density at radius 3 is 2.12 bits per heavy atom. The van der Waals surface area contributed by atoms with E-state index in [0.29, 0.717) is 25.3 Å². The van der Waals surface area contributed by atoms with Crippen LogP contribution in [0, 0.1) is 5.92 Å². The number of methoxy groups -OCH3 is 1. The number of benzene rings is 2. The number of unbranched alkanes of at least 4 members (excludes halogenated alkanes) is 1. The molecule has 3 fully saturated rings. The van der Waals surface area contributed by atoms with Crippen molar-refractivity contribution in [2.24, 2.45) is 5.92 Å². The number of rotatable bonds is 10. The molecule has 8 heteroatoms. The highest BCUT2D eigenvalue weighted by atomic mass is 35.5. The van der Waals surface area contributed by atoms with Crippen molar-refractivity contribution >= 4 is 24.2 Å². The second-order valence-corrected chi connectivity index (χ2v) is 11.8. The molecule has 2 saturated heterocycles. The lowest BCUT2D eigenvalue weighted by molar-refractivity contribution is -0.162. The van der Waals surface area contributed by atoms with Crippen LogP contribution in [0.2, 0.25) is 0 Å². The van der Waals surface area contributed by atoms with E-state index in [1.54, 1.807) is 7.11 Å². The number of piperidine rings is 1. The van der Waals surface area contributed by atoms with Crippen LogP contribution in [0.4, 0.5) is 0 Å². The number of hydrogen-bond acceptors (Lipinski definition) is 5. The summed E-state index contributed by atoms with van der Waals surface area (Å²) >= 11 is 0. The molecule has 0 radical (unpaired) electrons. The van der Waals surface area contributed by atoms with Crippen molar-refractivity contribution in [1.29, 1.82) is 0 Å². The first-order valence-electron chi connectivity index (χ1n) is 15.3. The molecule has 0 unspecified atom stereocenters. The highest BCUT2D eigenvalue weighted by molar-refractivity contribution is 6.00. The van der Waals surface area contributed by atoms with Gasteiger partial charge < -0.3 is 19.7 Å². The third-order valence-electron chi connectivity index (χ3n) is 9.15. The van der Waals surface area contributed by atoms with E-state index < -0.39 is 5.54 Å². The Morgan fingerprint density at radius 1 is 0.902 bits per heavy atom. The first-order valence-corrected chi connectivity index (χ1v) is 15.3. The number of piperazine rings is 1. The summed E-state index contributed by atoms with van der Waals surface area (Å²) < 4.78 is 11.2. The molecule has 1 atom stereocenters. The van der Waals surface area contributed by atoms with Gasteiger partial charge in [0.05, 0.1) is 7.11 Å². The van der Waals surface area contributed by atoms with Gasteiger partial charge in [-0.15, -0.1) is 12.4 Å². The predicted molar refractivity (Wildman–Crippen MR) is 164 cm³/mol. The predicted octanol–water partition coefficient (Wildman–Crippen LogP) is 6.34. The summed E-state index contributed by atoms with van der Waals surface area (Å²) in [5.74, 6) is 3.14. The SMILES string of the molecule is CCCCN1C(=O)[C@H](CC2CCCCC2)NC(=O)C12CCN(Cc1ccc(Oc3ccc(OC)cc3)cc1)CC2.Cl. The molecule has 5 rings (SSSR count). The lowest BCUT2D eigenvalue weighted by Crippen LogP contribution is -2.73. The zero-order valence-electron chi connectivity index (χ0n) is 24.6. The summed E-state index contributed by atoms with van der Waals surface area (Å²) in [6.45, 7) is 5.23. The molecule has 2 aliphatic heterocycles. The molecule has 2 aromatic rings. The van der Waals surface area contributed by atoms with Crippen LogP contribution < -0.4 is 14.8 Å². The number of nitrogens with one attached hydrogen (secondary N) is 1. The summed E-state index contributed by atoms with van der Waals surface area (Å²) in [5.41, 5.74) is 0.500. The van der Waals surface area contributed by atoms with Crippen molar-refractivity contribution in [2.75, 3.05) is 26.7 Å². The number of ether oxygens (including phenoxy) is 2. The van der Waals surface area contributed by atoms with Crippen LogP contribution in [-0.4, -0.2) is 59.9 Å². The molecular weight excluding hydrogens is 538 g/mol. The second kappa shape index (κ2) is 14.4. The van der Waals surface area contributed by atoms with Crippen LogP contribution in [-0.2, 0) is 16.1 Å². The van der Waals surface area contributed by atoms with E-state index in [2.05, 4.69) is 29.3 Å². The summed E-state index contributed by atoms with van der Waals surface area (Å²) in [6.07, 6.45) is 10.3. The van der Waals surface area contributed by atoms with Gasteiger partial charge in [-0.3, -0.25) is 14.5 Å². The van der Waals surface area contributed by atoms with Crippen molar-refractivity contribution in [3.8, 4) is 17.2 Å².